The monoisotopic (exact) mass is 356 g/mol. The highest BCUT2D eigenvalue weighted by atomic mass is 35.5. The molecule has 0 aliphatic carbocycles. The van der Waals surface area contributed by atoms with Crippen LogP contribution in [0.5, 0.6) is 0 Å². The van der Waals surface area contributed by atoms with E-state index in [1.165, 1.54) is 32.1 Å². The van der Waals surface area contributed by atoms with Crippen LogP contribution in [-0.2, 0) is 4.79 Å². The summed E-state index contributed by atoms with van der Waals surface area (Å²) in [5, 5.41) is 3.78. The number of amides is 1. The minimum Gasteiger partial charge on any atom is -0.324 e. The molecule has 5 heteroatoms. The zero-order valence-corrected chi connectivity index (χ0v) is 15.3. The van der Waals surface area contributed by atoms with Gasteiger partial charge >= 0.3 is 0 Å². The molecule has 2 rings (SSSR count). The van der Waals surface area contributed by atoms with Crippen LogP contribution in [0, 0.1) is 5.92 Å². The fourth-order valence-electron chi connectivity index (χ4n) is 3.22. The first kappa shape index (κ1) is 18.6. The molecule has 0 radical (unpaired) electrons. The average molecular weight is 357 g/mol. The summed E-state index contributed by atoms with van der Waals surface area (Å²) in [4.78, 5) is 14.6. The van der Waals surface area contributed by atoms with E-state index in [2.05, 4.69) is 17.1 Å². The van der Waals surface area contributed by atoms with Gasteiger partial charge in [0, 0.05) is 13.0 Å². The van der Waals surface area contributed by atoms with Gasteiger partial charge in [-0.15, -0.1) is 0 Å². The topological polar surface area (TPSA) is 32.3 Å². The van der Waals surface area contributed by atoms with Crippen LogP contribution in [0.15, 0.2) is 18.2 Å². The quantitative estimate of drug-likeness (QED) is 0.757. The molecule has 0 bridgehead atoms. The molecule has 1 saturated heterocycles. The number of nitrogens with one attached hydrogen (secondary N) is 1. The molecule has 1 aliphatic heterocycles. The molecule has 0 aromatic heterocycles. The number of rotatable bonds is 6. The van der Waals surface area contributed by atoms with Gasteiger partial charge in [-0.25, -0.2) is 0 Å². The second-order valence-corrected chi connectivity index (χ2v) is 7.14. The second kappa shape index (κ2) is 9.51. The molecule has 0 saturated carbocycles. The van der Waals surface area contributed by atoms with Gasteiger partial charge in [0.05, 0.1) is 15.7 Å². The van der Waals surface area contributed by atoms with Crippen molar-refractivity contribution in [2.75, 3.05) is 25.0 Å². The maximum Gasteiger partial charge on any atom is 0.225 e. The van der Waals surface area contributed by atoms with Gasteiger partial charge in [0.2, 0.25) is 5.91 Å². The smallest absolute Gasteiger partial charge is 0.225 e. The van der Waals surface area contributed by atoms with Gasteiger partial charge in [0.15, 0.2) is 0 Å². The summed E-state index contributed by atoms with van der Waals surface area (Å²) in [5.74, 6) is 0.829. The minimum absolute atomic E-state index is 0.0330. The van der Waals surface area contributed by atoms with Crippen LogP contribution in [-0.4, -0.2) is 30.4 Å². The molecule has 1 N–H and O–H groups in total. The highest BCUT2D eigenvalue weighted by Gasteiger charge is 2.17. The van der Waals surface area contributed by atoms with E-state index in [9.17, 15) is 4.79 Å². The van der Waals surface area contributed by atoms with E-state index in [-0.39, 0.29) is 5.91 Å². The molecular weight excluding hydrogens is 331 g/mol. The number of hydrogen-bond donors (Lipinski definition) is 1. The first-order valence-electron chi connectivity index (χ1n) is 8.56. The third-order valence-corrected chi connectivity index (χ3v) is 5.15. The Bertz CT molecular complexity index is 501. The number of likely N-dealkylation sites (tertiary alicyclic amines) is 1. The fraction of sp³-hybridized carbons (Fsp3) is 0.611. The number of carbonyl (C=O) groups excluding carboxylic acids is 1. The van der Waals surface area contributed by atoms with E-state index in [0.29, 0.717) is 22.2 Å². The standard InChI is InChI=1S/C18H26Cl2N2O/c1-2-5-14-6-4-11-22(12-9-14)13-10-17(23)21-18-15(19)7-3-8-16(18)20/h3,7-8,14H,2,4-6,9-13H2,1H3,(H,21,23). The van der Waals surface area contributed by atoms with Crippen molar-refractivity contribution in [1.82, 2.24) is 4.90 Å². The lowest BCUT2D eigenvalue weighted by Gasteiger charge is -2.20. The normalized spacial score (nSPS) is 19.3. The van der Waals surface area contributed by atoms with E-state index < -0.39 is 0 Å². The van der Waals surface area contributed by atoms with Crippen molar-refractivity contribution in [3.8, 4) is 0 Å². The number of hydrogen-bond acceptors (Lipinski definition) is 2. The Kier molecular flexibility index (Phi) is 7.68. The summed E-state index contributed by atoms with van der Waals surface area (Å²) in [5.41, 5.74) is 0.514. The van der Waals surface area contributed by atoms with Crippen molar-refractivity contribution in [2.45, 2.75) is 45.4 Å². The van der Waals surface area contributed by atoms with Gasteiger partial charge in [0.1, 0.15) is 0 Å². The Morgan fingerprint density at radius 3 is 2.70 bits per heavy atom. The third-order valence-electron chi connectivity index (χ3n) is 4.52. The van der Waals surface area contributed by atoms with Gasteiger partial charge in [-0.3, -0.25) is 4.79 Å². The summed E-state index contributed by atoms with van der Waals surface area (Å²) in [7, 11) is 0. The average Bonchev–Trinajstić information content (AvgIpc) is 2.75. The Morgan fingerprint density at radius 1 is 1.26 bits per heavy atom. The first-order valence-corrected chi connectivity index (χ1v) is 9.32. The number of nitrogens with zero attached hydrogens (tertiary/aromatic N) is 1. The number of para-hydroxylation sites is 1. The molecule has 0 spiro atoms. The second-order valence-electron chi connectivity index (χ2n) is 6.32. The maximum absolute atomic E-state index is 12.2. The number of anilines is 1. The van der Waals surface area contributed by atoms with Crippen molar-refractivity contribution in [3.63, 3.8) is 0 Å². The highest BCUT2D eigenvalue weighted by Crippen LogP contribution is 2.30. The van der Waals surface area contributed by atoms with E-state index in [1.54, 1.807) is 18.2 Å². The summed E-state index contributed by atoms with van der Waals surface area (Å²) in [6.07, 6.45) is 6.89. The van der Waals surface area contributed by atoms with Crippen LogP contribution < -0.4 is 5.32 Å². The molecule has 1 aliphatic rings. The molecular formula is C18H26Cl2N2O. The molecule has 1 atom stereocenters. The highest BCUT2D eigenvalue weighted by molar-refractivity contribution is 6.39. The molecule has 1 fully saturated rings. The minimum atomic E-state index is -0.0330. The summed E-state index contributed by atoms with van der Waals surface area (Å²) in [6.45, 7) is 5.25. The Morgan fingerprint density at radius 2 is 2.00 bits per heavy atom. The van der Waals surface area contributed by atoms with Gasteiger partial charge in [-0.05, 0) is 50.4 Å². The van der Waals surface area contributed by atoms with Gasteiger partial charge in [0.25, 0.3) is 0 Å². The Hall–Kier alpha value is -0.770. The van der Waals surface area contributed by atoms with Crippen LogP contribution in [0.1, 0.15) is 45.4 Å². The number of carbonyl (C=O) groups is 1. The first-order chi connectivity index (χ1) is 11.1. The SMILES string of the molecule is CCCC1CCCN(CCC(=O)Nc2c(Cl)cccc2Cl)CC1. The molecule has 1 aromatic rings. The van der Waals surface area contributed by atoms with Crippen LogP contribution in [0.2, 0.25) is 10.0 Å². The Labute approximate surface area is 149 Å². The molecule has 3 nitrogen and oxygen atoms in total. The number of halogens is 2. The number of benzene rings is 1. The molecule has 23 heavy (non-hydrogen) atoms. The van der Waals surface area contributed by atoms with Crippen LogP contribution in [0.3, 0.4) is 0 Å². The lowest BCUT2D eigenvalue weighted by atomic mass is 9.96. The summed E-state index contributed by atoms with van der Waals surface area (Å²) < 4.78 is 0. The largest absolute Gasteiger partial charge is 0.324 e. The summed E-state index contributed by atoms with van der Waals surface area (Å²) in [6, 6.07) is 5.22. The fourth-order valence-corrected chi connectivity index (χ4v) is 3.72. The van der Waals surface area contributed by atoms with E-state index in [0.717, 1.165) is 25.6 Å². The van der Waals surface area contributed by atoms with Gasteiger partial charge in [-0.2, -0.15) is 0 Å². The molecule has 1 heterocycles. The van der Waals surface area contributed by atoms with Gasteiger partial charge in [-0.1, -0.05) is 49.0 Å². The van der Waals surface area contributed by atoms with Crippen LogP contribution in [0.25, 0.3) is 0 Å². The Balaban J connectivity index is 1.78. The third kappa shape index (κ3) is 5.98. The van der Waals surface area contributed by atoms with Crippen molar-refractivity contribution in [2.24, 2.45) is 5.92 Å². The van der Waals surface area contributed by atoms with Crippen molar-refractivity contribution in [1.29, 1.82) is 0 Å². The van der Waals surface area contributed by atoms with Gasteiger partial charge < -0.3 is 10.2 Å². The predicted octanol–water partition coefficient (Wildman–Crippen LogP) is 5.22. The molecule has 128 valence electrons. The zero-order valence-electron chi connectivity index (χ0n) is 13.8. The van der Waals surface area contributed by atoms with Crippen molar-refractivity contribution >= 4 is 34.8 Å². The molecule has 1 unspecified atom stereocenters. The van der Waals surface area contributed by atoms with E-state index >= 15 is 0 Å². The summed E-state index contributed by atoms with van der Waals surface area (Å²) >= 11 is 12.2. The zero-order chi connectivity index (χ0) is 16.7. The molecule has 1 aromatic carbocycles. The maximum atomic E-state index is 12.2. The lowest BCUT2D eigenvalue weighted by Crippen LogP contribution is -2.29. The van der Waals surface area contributed by atoms with Crippen LogP contribution >= 0.6 is 23.2 Å². The molecule has 1 amide bonds. The van der Waals surface area contributed by atoms with Crippen molar-refractivity contribution in [3.05, 3.63) is 28.2 Å². The van der Waals surface area contributed by atoms with E-state index in [1.807, 2.05) is 0 Å². The predicted molar refractivity (Wildman–Crippen MR) is 98.4 cm³/mol. The van der Waals surface area contributed by atoms with E-state index in [4.69, 9.17) is 23.2 Å². The van der Waals surface area contributed by atoms with Crippen molar-refractivity contribution < 1.29 is 4.79 Å². The lowest BCUT2D eigenvalue weighted by molar-refractivity contribution is -0.116. The van der Waals surface area contributed by atoms with Crippen LogP contribution in [0.4, 0.5) is 5.69 Å².